The van der Waals surface area contributed by atoms with Gasteiger partial charge in [0.1, 0.15) is 5.82 Å². The lowest BCUT2D eigenvalue weighted by Gasteiger charge is -2.07. The van der Waals surface area contributed by atoms with Crippen LogP contribution in [0.15, 0.2) is 42.5 Å². The normalized spacial score (nSPS) is 10.3. The van der Waals surface area contributed by atoms with Crippen LogP contribution >= 0.6 is 0 Å². The largest absolute Gasteiger partial charge is 0.298 e. The number of benzene rings is 2. The van der Waals surface area contributed by atoms with E-state index in [4.69, 9.17) is 0 Å². The molecule has 0 amide bonds. The van der Waals surface area contributed by atoms with Crippen molar-refractivity contribution in [3.8, 4) is 11.1 Å². The summed E-state index contributed by atoms with van der Waals surface area (Å²) in [6.45, 7) is 2.13. The third-order valence-electron chi connectivity index (χ3n) is 2.92. The lowest BCUT2D eigenvalue weighted by Crippen LogP contribution is -1.91. The Morgan fingerprint density at radius 1 is 1.17 bits per heavy atom. The first-order valence-corrected chi connectivity index (χ1v) is 6.08. The van der Waals surface area contributed by atoms with E-state index < -0.39 is 0 Å². The Hall–Kier alpha value is -1.96. The summed E-state index contributed by atoms with van der Waals surface area (Å²) in [5.41, 5.74) is 3.37. The van der Waals surface area contributed by atoms with E-state index in [1.807, 2.05) is 12.1 Å². The number of hydrogen-bond acceptors (Lipinski definition) is 1. The average Bonchev–Trinajstić information content (AvgIpc) is 2.39. The van der Waals surface area contributed by atoms with Gasteiger partial charge in [-0.3, -0.25) is 4.79 Å². The Balaban J connectivity index is 2.47. The quantitative estimate of drug-likeness (QED) is 0.732. The molecule has 2 rings (SSSR count). The Morgan fingerprint density at radius 3 is 2.72 bits per heavy atom. The Kier molecular flexibility index (Phi) is 3.88. The first-order chi connectivity index (χ1) is 8.74. The number of hydrogen-bond donors (Lipinski definition) is 0. The second-order valence-electron chi connectivity index (χ2n) is 4.30. The van der Waals surface area contributed by atoms with Gasteiger partial charge < -0.3 is 0 Å². The molecule has 0 aliphatic carbocycles. The van der Waals surface area contributed by atoms with E-state index in [1.54, 1.807) is 6.07 Å². The van der Waals surface area contributed by atoms with Gasteiger partial charge >= 0.3 is 0 Å². The van der Waals surface area contributed by atoms with E-state index in [9.17, 15) is 9.18 Å². The molecule has 2 heteroatoms. The summed E-state index contributed by atoms with van der Waals surface area (Å²) in [5.74, 6) is -0.384. The van der Waals surface area contributed by atoms with Gasteiger partial charge in [-0.05, 0) is 35.2 Å². The van der Waals surface area contributed by atoms with Crippen LogP contribution in [0.4, 0.5) is 4.39 Å². The molecule has 0 bridgehead atoms. The van der Waals surface area contributed by atoms with Gasteiger partial charge in [0.25, 0.3) is 0 Å². The molecule has 2 aromatic rings. The van der Waals surface area contributed by atoms with Crippen LogP contribution in [0.5, 0.6) is 0 Å². The van der Waals surface area contributed by atoms with Gasteiger partial charge in [0.2, 0.25) is 0 Å². The number of rotatable bonds is 4. The lowest BCUT2D eigenvalue weighted by atomic mass is 9.97. The van der Waals surface area contributed by atoms with Gasteiger partial charge in [-0.2, -0.15) is 0 Å². The van der Waals surface area contributed by atoms with E-state index in [-0.39, 0.29) is 5.82 Å². The third kappa shape index (κ3) is 2.65. The summed E-state index contributed by atoms with van der Waals surface area (Å²) in [4.78, 5) is 11.0. The van der Waals surface area contributed by atoms with Crippen molar-refractivity contribution >= 4 is 6.29 Å². The highest BCUT2D eigenvalue weighted by Crippen LogP contribution is 2.24. The molecular weight excluding hydrogens is 227 g/mol. The van der Waals surface area contributed by atoms with Crippen LogP contribution in [0, 0.1) is 5.82 Å². The van der Waals surface area contributed by atoms with Crippen LogP contribution < -0.4 is 0 Å². The number of carbonyl (C=O) groups is 1. The Labute approximate surface area is 106 Å². The second-order valence-corrected chi connectivity index (χ2v) is 4.30. The van der Waals surface area contributed by atoms with Crippen molar-refractivity contribution in [2.75, 3.05) is 0 Å². The zero-order valence-corrected chi connectivity index (χ0v) is 10.3. The summed E-state index contributed by atoms with van der Waals surface area (Å²) in [6, 6.07) is 12.4. The van der Waals surface area contributed by atoms with Gasteiger partial charge in [-0.1, -0.05) is 43.7 Å². The van der Waals surface area contributed by atoms with Gasteiger partial charge in [0.05, 0.1) is 0 Å². The molecule has 0 atom stereocenters. The minimum absolute atomic E-state index is 0.384. The maximum atomic E-state index is 13.1. The highest BCUT2D eigenvalue weighted by molar-refractivity contribution is 5.87. The molecule has 0 N–H and O–H groups in total. The monoisotopic (exact) mass is 242 g/mol. The van der Waals surface area contributed by atoms with E-state index in [0.29, 0.717) is 11.8 Å². The molecule has 1 nitrogen and oxygen atoms in total. The van der Waals surface area contributed by atoms with Crippen molar-refractivity contribution < 1.29 is 9.18 Å². The number of aryl methyl sites for hydroxylation is 1. The topological polar surface area (TPSA) is 17.1 Å². The molecule has 0 aliphatic rings. The number of halogens is 1. The molecule has 0 saturated carbocycles. The summed E-state index contributed by atoms with van der Waals surface area (Å²) in [6.07, 6.45) is 2.78. The molecule has 0 aromatic heterocycles. The zero-order chi connectivity index (χ0) is 13.0. The molecular formula is C16H15FO. The minimum atomic E-state index is -0.384. The number of aldehydes is 1. The van der Waals surface area contributed by atoms with Crippen LogP contribution in [0.3, 0.4) is 0 Å². The highest BCUT2D eigenvalue weighted by atomic mass is 19.1. The van der Waals surface area contributed by atoms with Gasteiger partial charge in [0.15, 0.2) is 6.29 Å². The molecule has 18 heavy (non-hydrogen) atoms. The van der Waals surface area contributed by atoms with Crippen LogP contribution in [-0.2, 0) is 6.42 Å². The van der Waals surface area contributed by atoms with Crippen molar-refractivity contribution in [1.82, 2.24) is 0 Å². The van der Waals surface area contributed by atoms with E-state index in [2.05, 4.69) is 19.1 Å². The molecule has 0 spiro atoms. The number of carbonyl (C=O) groups excluding carboxylic acids is 1. The molecule has 92 valence electrons. The molecule has 0 fully saturated rings. The molecule has 0 saturated heterocycles. The van der Waals surface area contributed by atoms with Gasteiger partial charge in [-0.15, -0.1) is 0 Å². The van der Waals surface area contributed by atoms with Gasteiger partial charge in [0, 0.05) is 5.56 Å². The summed E-state index contributed by atoms with van der Waals surface area (Å²) in [5, 5.41) is 0. The van der Waals surface area contributed by atoms with Crippen molar-refractivity contribution in [3.05, 3.63) is 59.4 Å². The first-order valence-electron chi connectivity index (χ1n) is 6.08. The molecule has 0 radical (unpaired) electrons. The third-order valence-corrected chi connectivity index (χ3v) is 2.92. The molecule has 0 aliphatic heterocycles. The van der Waals surface area contributed by atoms with Crippen molar-refractivity contribution in [2.45, 2.75) is 19.8 Å². The predicted octanol–water partition coefficient (Wildman–Crippen LogP) is 4.26. The van der Waals surface area contributed by atoms with Crippen LogP contribution in [0.1, 0.15) is 29.3 Å². The predicted molar refractivity (Wildman–Crippen MR) is 71.2 cm³/mol. The van der Waals surface area contributed by atoms with Crippen molar-refractivity contribution in [2.24, 2.45) is 0 Å². The summed E-state index contributed by atoms with van der Waals surface area (Å²) >= 11 is 0. The van der Waals surface area contributed by atoms with Crippen LogP contribution in [-0.4, -0.2) is 6.29 Å². The van der Waals surface area contributed by atoms with Crippen LogP contribution in [0.2, 0.25) is 0 Å². The maximum Gasteiger partial charge on any atom is 0.150 e. The molecule has 0 unspecified atom stereocenters. The Morgan fingerprint density at radius 2 is 2.00 bits per heavy atom. The molecule has 0 heterocycles. The second kappa shape index (κ2) is 5.58. The van der Waals surface area contributed by atoms with Crippen molar-refractivity contribution in [1.29, 1.82) is 0 Å². The highest BCUT2D eigenvalue weighted by Gasteiger charge is 2.06. The smallest absolute Gasteiger partial charge is 0.150 e. The Bertz CT molecular complexity index is 561. The fourth-order valence-electron chi connectivity index (χ4n) is 2.08. The standard InChI is InChI=1S/C16H15FO/c1-2-4-12-5-3-6-13(9-12)16-8-7-15(17)10-14(16)11-18/h3,5-11H,2,4H2,1H3. The fourth-order valence-corrected chi connectivity index (χ4v) is 2.08. The van der Waals surface area contributed by atoms with Crippen molar-refractivity contribution in [3.63, 3.8) is 0 Å². The van der Waals surface area contributed by atoms with Crippen LogP contribution in [0.25, 0.3) is 11.1 Å². The first kappa shape index (κ1) is 12.5. The van der Waals surface area contributed by atoms with E-state index in [0.717, 1.165) is 24.0 Å². The van der Waals surface area contributed by atoms with E-state index >= 15 is 0 Å². The molecule has 2 aromatic carbocycles. The lowest BCUT2D eigenvalue weighted by molar-refractivity contribution is 0.112. The zero-order valence-electron chi connectivity index (χ0n) is 10.3. The maximum absolute atomic E-state index is 13.1. The summed E-state index contributed by atoms with van der Waals surface area (Å²) in [7, 11) is 0. The fraction of sp³-hybridized carbons (Fsp3) is 0.188. The van der Waals surface area contributed by atoms with Gasteiger partial charge in [-0.25, -0.2) is 4.39 Å². The SMILES string of the molecule is CCCc1cccc(-c2ccc(F)cc2C=O)c1. The minimum Gasteiger partial charge on any atom is -0.298 e. The average molecular weight is 242 g/mol. The summed E-state index contributed by atoms with van der Waals surface area (Å²) < 4.78 is 13.1. The van der Waals surface area contributed by atoms with E-state index in [1.165, 1.54) is 17.7 Å².